The van der Waals surface area contributed by atoms with E-state index in [9.17, 15) is 13.2 Å². The van der Waals surface area contributed by atoms with Crippen molar-refractivity contribution in [3.8, 4) is 11.3 Å². The number of hydrogen-bond acceptors (Lipinski definition) is 5. The highest BCUT2D eigenvalue weighted by Gasteiger charge is 2.19. The smallest absolute Gasteiger partial charge is 0.242 e. The van der Waals surface area contributed by atoms with Gasteiger partial charge in [-0.05, 0) is 31.5 Å². The van der Waals surface area contributed by atoms with Crippen LogP contribution in [-0.4, -0.2) is 37.7 Å². The summed E-state index contributed by atoms with van der Waals surface area (Å²) >= 11 is 0. The number of nitrogens with zero attached hydrogens (tertiary/aromatic N) is 2. The molecular weight excluding hydrogens is 402 g/mol. The molecule has 0 aliphatic rings. The summed E-state index contributed by atoms with van der Waals surface area (Å²) in [4.78, 5) is 16.8. The molecule has 0 spiro atoms. The number of oxazole rings is 1. The number of carbonyl (C=O) groups excluding carboxylic acids is 1. The number of aromatic nitrogens is 1. The van der Waals surface area contributed by atoms with Crippen molar-refractivity contribution in [3.63, 3.8) is 0 Å². The van der Waals surface area contributed by atoms with Crippen molar-refractivity contribution >= 4 is 21.6 Å². The Kier molecular flexibility index (Phi) is 6.38. The average Bonchev–Trinajstić information content (AvgIpc) is 3.17. The largest absolute Gasteiger partial charge is 0.441 e. The Bertz CT molecular complexity index is 1150. The molecule has 3 aromatic rings. The molecule has 2 aromatic carbocycles. The SMILES string of the molecule is Cc1ccc(-c2cnc(CCC(=O)Nc3cc(S(=O)(=O)N(C)C)ccc3C)o2)cc1. The molecule has 1 amide bonds. The van der Waals surface area contributed by atoms with Gasteiger partial charge in [-0.1, -0.05) is 35.9 Å². The second-order valence-corrected chi connectivity index (χ2v) is 9.45. The van der Waals surface area contributed by atoms with Crippen molar-refractivity contribution in [1.29, 1.82) is 0 Å². The van der Waals surface area contributed by atoms with Gasteiger partial charge in [0.25, 0.3) is 0 Å². The summed E-state index contributed by atoms with van der Waals surface area (Å²) in [6, 6.07) is 12.6. The van der Waals surface area contributed by atoms with Crippen molar-refractivity contribution in [2.24, 2.45) is 0 Å². The number of carbonyl (C=O) groups is 1. The molecule has 0 bridgehead atoms. The first-order valence-corrected chi connectivity index (χ1v) is 11.0. The lowest BCUT2D eigenvalue weighted by Crippen LogP contribution is -2.22. The monoisotopic (exact) mass is 427 g/mol. The molecule has 7 nitrogen and oxygen atoms in total. The molecule has 1 heterocycles. The van der Waals surface area contributed by atoms with Crippen molar-refractivity contribution < 1.29 is 17.6 Å². The van der Waals surface area contributed by atoms with Crippen LogP contribution in [0.1, 0.15) is 23.4 Å². The summed E-state index contributed by atoms with van der Waals surface area (Å²) in [7, 11) is -0.643. The van der Waals surface area contributed by atoms with E-state index in [1.807, 2.05) is 38.1 Å². The van der Waals surface area contributed by atoms with Crippen LogP contribution >= 0.6 is 0 Å². The molecule has 3 rings (SSSR count). The van der Waals surface area contributed by atoms with E-state index in [0.717, 1.165) is 21.0 Å². The van der Waals surface area contributed by atoms with Crippen LogP contribution in [0.15, 0.2) is 58.0 Å². The molecular formula is C22H25N3O4S. The predicted octanol–water partition coefficient (Wildman–Crippen LogP) is 3.78. The van der Waals surface area contributed by atoms with E-state index in [4.69, 9.17) is 4.42 Å². The summed E-state index contributed by atoms with van der Waals surface area (Å²) in [5.74, 6) is 0.886. The zero-order chi connectivity index (χ0) is 21.9. The van der Waals surface area contributed by atoms with Crippen LogP contribution < -0.4 is 5.32 Å². The second kappa shape index (κ2) is 8.81. The fourth-order valence-corrected chi connectivity index (χ4v) is 3.75. The van der Waals surface area contributed by atoms with E-state index in [1.165, 1.54) is 26.2 Å². The third-order valence-electron chi connectivity index (χ3n) is 4.72. The summed E-state index contributed by atoms with van der Waals surface area (Å²) in [6.07, 6.45) is 2.15. The van der Waals surface area contributed by atoms with E-state index in [-0.39, 0.29) is 17.2 Å². The van der Waals surface area contributed by atoms with Gasteiger partial charge in [-0.15, -0.1) is 0 Å². The Hall–Kier alpha value is -2.97. The van der Waals surface area contributed by atoms with Crippen molar-refractivity contribution in [1.82, 2.24) is 9.29 Å². The maximum atomic E-state index is 12.4. The standard InChI is InChI=1S/C22H25N3O4S/c1-15-5-8-17(9-6-15)20-14-23-22(29-20)12-11-21(26)24-19-13-18(10-7-16(19)2)30(27,28)25(3)4/h5-10,13-14H,11-12H2,1-4H3,(H,24,26). The third kappa shape index (κ3) is 4.95. The van der Waals surface area contributed by atoms with Gasteiger partial charge in [0, 0.05) is 38.2 Å². The lowest BCUT2D eigenvalue weighted by molar-refractivity contribution is -0.116. The number of sulfonamides is 1. The molecule has 1 aromatic heterocycles. The van der Waals surface area contributed by atoms with Crippen molar-refractivity contribution in [3.05, 3.63) is 65.7 Å². The Balaban J connectivity index is 1.65. The number of benzene rings is 2. The van der Waals surface area contributed by atoms with Crippen LogP contribution in [-0.2, 0) is 21.2 Å². The summed E-state index contributed by atoms with van der Waals surface area (Å²) in [5, 5.41) is 2.79. The van der Waals surface area contributed by atoms with Gasteiger partial charge >= 0.3 is 0 Å². The first-order valence-electron chi connectivity index (χ1n) is 9.51. The molecule has 0 radical (unpaired) electrons. The minimum atomic E-state index is -3.58. The fraction of sp³-hybridized carbons (Fsp3) is 0.273. The van der Waals surface area contributed by atoms with Gasteiger partial charge in [-0.2, -0.15) is 0 Å². The predicted molar refractivity (Wildman–Crippen MR) is 116 cm³/mol. The summed E-state index contributed by atoms with van der Waals surface area (Å²) in [6.45, 7) is 3.82. The lowest BCUT2D eigenvalue weighted by atomic mass is 10.1. The van der Waals surface area contributed by atoms with Gasteiger partial charge in [0.1, 0.15) is 0 Å². The fourth-order valence-electron chi connectivity index (χ4n) is 2.82. The van der Waals surface area contributed by atoms with E-state index >= 15 is 0 Å². The maximum Gasteiger partial charge on any atom is 0.242 e. The van der Waals surface area contributed by atoms with Gasteiger partial charge in [0.05, 0.1) is 11.1 Å². The topological polar surface area (TPSA) is 92.5 Å². The average molecular weight is 428 g/mol. The lowest BCUT2D eigenvalue weighted by Gasteiger charge is -2.14. The van der Waals surface area contributed by atoms with E-state index in [2.05, 4.69) is 10.3 Å². The van der Waals surface area contributed by atoms with Crippen LogP contribution in [0.2, 0.25) is 0 Å². The second-order valence-electron chi connectivity index (χ2n) is 7.30. The molecule has 0 saturated carbocycles. The van der Waals surface area contributed by atoms with Gasteiger partial charge in [0.15, 0.2) is 11.7 Å². The Morgan fingerprint density at radius 1 is 1.10 bits per heavy atom. The number of nitrogens with one attached hydrogen (secondary N) is 1. The molecule has 0 atom stereocenters. The highest BCUT2D eigenvalue weighted by Crippen LogP contribution is 2.23. The minimum Gasteiger partial charge on any atom is -0.441 e. The minimum absolute atomic E-state index is 0.129. The van der Waals surface area contributed by atoms with Crippen LogP contribution in [0.25, 0.3) is 11.3 Å². The normalized spacial score (nSPS) is 11.6. The van der Waals surface area contributed by atoms with Gasteiger partial charge in [0.2, 0.25) is 15.9 Å². The number of anilines is 1. The van der Waals surface area contributed by atoms with E-state index in [0.29, 0.717) is 23.8 Å². The Morgan fingerprint density at radius 3 is 2.47 bits per heavy atom. The number of rotatable bonds is 7. The quantitative estimate of drug-likeness (QED) is 0.619. The van der Waals surface area contributed by atoms with Crippen LogP contribution in [0.4, 0.5) is 5.69 Å². The Labute approximate surface area is 176 Å². The van der Waals surface area contributed by atoms with Crippen LogP contribution in [0.3, 0.4) is 0 Å². The van der Waals surface area contributed by atoms with Crippen LogP contribution in [0.5, 0.6) is 0 Å². The molecule has 0 unspecified atom stereocenters. The van der Waals surface area contributed by atoms with E-state index in [1.54, 1.807) is 12.3 Å². The molecule has 0 aliphatic heterocycles. The van der Waals surface area contributed by atoms with Crippen molar-refractivity contribution in [2.75, 3.05) is 19.4 Å². The van der Waals surface area contributed by atoms with Crippen molar-refractivity contribution in [2.45, 2.75) is 31.6 Å². The molecule has 30 heavy (non-hydrogen) atoms. The Morgan fingerprint density at radius 2 is 1.80 bits per heavy atom. The highest BCUT2D eigenvalue weighted by molar-refractivity contribution is 7.89. The first-order chi connectivity index (χ1) is 14.2. The number of hydrogen-bond donors (Lipinski definition) is 1. The molecule has 0 fully saturated rings. The zero-order valence-corrected chi connectivity index (χ0v) is 18.3. The molecule has 0 aliphatic carbocycles. The number of amides is 1. The summed E-state index contributed by atoms with van der Waals surface area (Å²) < 4.78 is 31.5. The zero-order valence-electron chi connectivity index (χ0n) is 17.5. The van der Waals surface area contributed by atoms with Crippen LogP contribution in [0, 0.1) is 13.8 Å². The highest BCUT2D eigenvalue weighted by atomic mass is 32.2. The van der Waals surface area contributed by atoms with Gasteiger partial charge < -0.3 is 9.73 Å². The van der Waals surface area contributed by atoms with Gasteiger partial charge in [-0.25, -0.2) is 17.7 Å². The number of aryl methyl sites for hydroxylation is 3. The van der Waals surface area contributed by atoms with Gasteiger partial charge in [-0.3, -0.25) is 4.79 Å². The molecule has 0 saturated heterocycles. The molecule has 158 valence electrons. The molecule has 1 N–H and O–H groups in total. The van der Waals surface area contributed by atoms with E-state index < -0.39 is 10.0 Å². The summed E-state index contributed by atoms with van der Waals surface area (Å²) in [5.41, 5.74) is 3.33. The molecule has 8 heteroatoms. The maximum absolute atomic E-state index is 12.4. The third-order valence-corrected chi connectivity index (χ3v) is 6.53. The first kappa shape index (κ1) is 21.7.